The van der Waals surface area contributed by atoms with E-state index in [1.165, 1.54) is 12.0 Å². The molecule has 0 aromatic heterocycles. The van der Waals surface area contributed by atoms with Crippen LogP contribution in [-0.4, -0.2) is 36.3 Å². The maximum absolute atomic E-state index is 12.3. The first kappa shape index (κ1) is 19.7. The Hall–Kier alpha value is -2.09. The molecule has 2 aromatic rings. The van der Waals surface area contributed by atoms with Crippen molar-refractivity contribution in [2.24, 2.45) is 0 Å². The molecular weight excluding hydrogens is 430 g/mol. The molecule has 0 saturated carbocycles. The summed E-state index contributed by atoms with van der Waals surface area (Å²) in [6.45, 7) is 1.07. The molecule has 5 nitrogen and oxygen atoms in total. The van der Waals surface area contributed by atoms with Crippen molar-refractivity contribution in [2.75, 3.05) is 20.3 Å². The summed E-state index contributed by atoms with van der Waals surface area (Å²) in [6, 6.07) is 15.4. The largest absolute Gasteiger partial charge is 0.489 e. The zero-order valence-electron chi connectivity index (χ0n) is 14.7. The fourth-order valence-corrected chi connectivity index (χ4v) is 3.56. The molecule has 2 amide bonds. The Morgan fingerprint density at radius 1 is 1.07 bits per heavy atom. The van der Waals surface area contributed by atoms with Gasteiger partial charge in [0.2, 0.25) is 0 Å². The average molecular weight is 448 g/mol. The number of hydrogen-bond donors (Lipinski definition) is 0. The lowest BCUT2D eigenvalue weighted by Gasteiger charge is -2.10. The Kier molecular flexibility index (Phi) is 6.71. The van der Waals surface area contributed by atoms with Crippen LogP contribution >= 0.6 is 27.7 Å². The van der Waals surface area contributed by atoms with Crippen LogP contribution in [0.2, 0.25) is 0 Å². The van der Waals surface area contributed by atoms with E-state index in [2.05, 4.69) is 15.9 Å². The monoisotopic (exact) mass is 447 g/mol. The molecule has 0 atom stereocenters. The summed E-state index contributed by atoms with van der Waals surface area (Å²) in [5.41, 5.74) is 1.91. The number of ether oxygens (including phenoxy) is 2. The van der Waals surface area contributed by atoms with Gasteiger partial charge in [-0.1, -0.05) is 40.2 Å². The number of thioether (sulfide) groups is 1. The Morgan fingerprint density at radius 3 is 2.44 bits per heavy atom. The predicted octanol–water partition coefficient (Wildman–Crippen LogP) is 4.71. The van der Waals surface area contributed by atoms with E-state index < -0.39 is 0 Å². The maximum Gasteiger partial charge on any atom is 0.293 e. The Balaban J connectivity index is 1.61. The van der Waals surface area contributed by atoms with Crippen molar-refractivity contribution >= 4 is 44.9 Å². The van der Waals surface area contributed by atoms with Gasteiger partial charge >= 0.3 is 0 Å². The first-order chi connectivity index (χ1) is 13.1. The molecule has 0 spiro atoms. The van der Waals surface area contributed by atoms with Gasteiger partial charge in [0.05, 0.1) is 18.1 Å². The Bertz CT molecular complexity index is 849. The van der Waals surface area contributed by atoms with Crippen LogP contribution in [0, 0.1) is 0 Å². The van der Waals surface area contributed by atoms with Gasteiger partial charge in [-0.25, -0.2) is 0 Å². The van der Waals surface area contributed by atoms with E-state index in [1.54, 1.807) is 6.08 Å². The van der Waals surface area contributed by atoms with Crippen LogP contribution < -0.4 is 4.74 Å². The first-order valence-corrected chi connectivity index (χ1v) is 9.89. The molecule has 0 radical (unpaired) electrons. The van der Waals surface area contributed by atoms with Crippen molar-refractivity contribution < 1.29 is 19.1 Å². The number of imide groups is 1. The molecule has 140 valence electrons. The van der Waals surface area contributed by atoms with Crippen molar-refractivity contribution in [3.63, 3.8) is 0 Å². The summed E-state index contributed by atoms with van der Waals surface area (Å²) in [5.74, 6) is 0.459. The highest BCUT2D eigenvalue weighted by Crippen LogP contribution is 2.32. The molecule has 1 heterocycles. The summed E-state index contributed by atoms with van der Waals surface area (Å²) in [4.78, 5) is 25.9. The van der Waals surface area contributed by atoms with Gasteiger partial charge in [-0.05, 0) is 53.2 Å². The first-order valence-electron chi connectivity index (χ1n) is 8.28. The van der Waals surface area contributed by atoms with Crippen LogP contribution in [0.5, 0.6) is 5.75 Å². The maximum atomic E-state index is 12.3. The molecule has 2 aromatic carbocycles. The molecule has 1 fully saturated rings. The topological polar surface area (TPSA) is 55.8 Å². The van der Waals surface area contributed by atoms with Crippen LogP contribution in [0.4, 0.5) is 4.79 Å². The minimum atomic E-state index is -0.280. The van der Waals surface area contributed by atoms with E-state index in [4.69, 9.17) is 9.47 Å². The highest BCUT2D eigenvalue weighted by Gasteiger charge is 2.34. The number of halogens is 1. The van der Waals surface area contributed by atoms with Gasteiger partial charge in [-0.2, -0.15) is 0 Å². The molecule has 3 rings (SSSR count). The second-order valence-corrected chi connectivity index (χ2v) is 7.72. The molecule has 0 bridgehead atoms. The van der Waals surface area contributed by atoms with E-state index in [-0.39, 0.29) is 17.7 Å². The van der Waals surface area contributed by atoms with Gasteiger partial charge in [0.1, 0.15) is 12.4 Å². The molecule has 0 N–H and O–H groups in total. The lowest BCUT2D eigenvalue weighted by atomic mass is 10.2. The average Bonchev–Trinajstić information content (AvgIpc) is 2.94. The van der Waals surface area contributed by atoms with Gasteiger partial charge < -0.3 is 9.47 Å². The number of amides is 2. The summed E-state index contributed by atoms with van der Waals surface area (Å²) in [6.07, 6.45) is 1.72. The van der Waals surface area contributed by atoms with E-state index in [9.17, 15) is 9.59 Å². The molecule has 27 heavy (non-hydrogen) atoms. The number of carbonyl (C=O) groups excluding carboxylic acids is 2. The van der Waals surface area contributed by atoms with E-state index in [1.807, 2.05) is 48.5 Å². The number of hydrogen-bond acceptors (Lipinski definition) is 5. The van der Waals surface area contributed by atoms with Crippen molar-refractivity contribution in [1.82, 2.24) is 4.90 Å². The van der Waals surface area contributed by atoms with Crippen molar-refractivity contribution in [3.05, 3.63) is 69.0 Å². The number of nitrogens with zero attached hydrogens (tertiary/aromatic N) is 1. The molecule has 7 heteroatoms. The third kappa shape index (κ3) is 5.22. The fraction of sp³-hybridized carbons (Fsp3) is 0.200. The van der Waals surface area contributed by atoms with Crippen LogP contribution in [0.25, 0.3) is 6.08 Å². The third-order valence-corrected chi connectivity index (χ3v) is 5.33. The molecule has 0 unspecified atom stereocenters. The molecule has 1 aliphatic heterocycles. The molecule has 0 aliphatic carbocycles. The molecule has 1 saturated heterocycles. The standard InChI is InChI=1S/C20H18BrNO4S/c1-25-11-10-22-19(23)18(27-20(22)24)12-14-4-8-17(9-5-14)26-13-15-2-6-16(21)7-3-15/h2-9,12H,10-11,13H2,1H3/b18-12+. The summed E-state index contributed by atoms with van der Waals surface area (Å²) < 4.78 is 11.7. The van der Waals surface area contributed by atoms with Gasteiger partial charge in [0.25, 0.3) is 11.1 Å². The van der Waals surface area contributed by atoms with E-state index in [0.717, 1.165) is 33.1 Å². The number of methoxy groups -OCH3 is 1. The highest BCUT2D eigenvalue weighted by atomic mass is 79.9. The van der Waals surface area contributed by atoms with Gasteiger partial charge in [0.15, 0.2) is 0 Å². The van der Waals surface area contributed by atoms with Gasteiger partial charge in [-0.15, -0.1) is 0 Å². The zero-order valence-corrected chi connectivity index (χ0v) is 17.1. The minimum Gasteiger partial charge on any atom is -0.489 e. The van der Waals surface area contributed by atoms with Crippen LogP contribution in [0.1, 0.15) is 11.1 Å². The quantitative estimate of drug-likeness (QED) is 0.575. The van der Waals surface area contributed by atoms with Crippen LogP contribution in [0.3, 0.4) is 0 Å². The fourth-order valence-electron chi connectivity index (χ4n) is 2.43. The van der Waals surface area contributed by atoms with E-state index >= 15 is 0 Å². The number of benzene rings is 2. The lowest BCUT2D eigenvalue weighted by Crippen LogP contribution is -2.31. The number of carbonyl (C=O) groups is 2. The van der Waals surface area contributed by atoms with E-state index in [0.29, 0.717) is 18.1 Å². The SMILES string of the molecule is COCCN1C(=O)S/C(=C/c2ccc(OCc3ccc(Br)cc3)cc2)C1=O. The van der Waals surface area contributed by atoms with Gasteiger partial charge in [-0.3, -0.25) is 14.5 Å². The third-order valence-electron chi connectivity index (χ3n) is 3.89. The van der Waals surface area contributed by atoms with Crippen molar-refractivity contribution in [1.29, 1.82) is 0 Å². The van der Waals surface area contributed by atoms with Crippen molar-refractivity contribution in [2.45, 2.75) is 6.61 Å². The lowest BCUT2D eigenvalue weighted by molar-refractivity contribution is -0.123. The highest BCUT2D eigenvalue weighted by molar-refractivity contribution is 9.10. The molecule has 1 aliphatic rings. The second-order valence-electron chi connectivity index (χ2n) is 5.81. The Morgan fingerprint density at radius 2 is 1.78 bits per heavy atom. The minimum absolute atomic E-state index is 0.265. The predicted molar refractivity (Wildman–Crippen MR) is 109 cm³/mol. The zero-order chi connectivity index (χ0) is 19.2. The van der Waals surface area contributed by atoms with Crippen LogP contribution in [-0.2, 0) is 16.1 Å². The molecular formula is C20H18BrNO4S. The summed E-state index contributed by atoms with van der Waals surface area (Å²) in [7, 11) is 1.54. The van der Waals surface area contributed by atoms with Gasteiger partial charge in [0, 0.05) is 11.6 Å². The van der Waals surface area contributed by atoms with Crippen molar-refractivity contribution in [3.8, 4) is 5.75 Å². The summed E-state index contributed by atoms with van der Waals surface area (Å²) >= 11 is 4.35. The Labute approximate surface area is 170 Å². The van der Waals surface area contributed by atoms with Crippen LogP contribution in [0.15, 0.2) is 57.9 Å². The smallest absolute Gasteiger partial charge is 0.293 e. The second kappa shape index (κ2) is 9.21. The summed E-state index contributed by atoms with van der Waals surface area (Å²) in [5, 5.41) is -0.266. The normalized spacial score (nSPS) is 15.6. The number of rotatable bonds is 7.